The normalized spacial score (nSPS) is 40.3. The Bertz CT molecular complexity index is 189. The molecule has 1 heterocycles. The fourth-order valence-electron chi connectivity index (χ4n) is 2.87. The Kier molecular flexibility index (Phi) is 3.74. The van der Waals surface area contributed by atoms with Gasteiger partial charge < -0.3 is 4.74 Å². The van der Waals surface area contributed by atoms with Crippen LogP contribution in [-0.2, 0) is 4.74 Å². The van der Waals surface area contributed by atoms with E-state index in [9.17, 15) is 0 Å². The molecule has 2 heteroatoms. The second-order valence-electron chi connectivity index (χ2n) is 5.18. The van der Waals surface area contributed by atoms with Crippen molar-refractivity contribution in [2.24, 2.45) is 5.92 Å². The summed E-state index contributed by atoms with van der Waals surface area (Å²) in [4.78, 5) is 0. The molecule has 2 atom stereocenters. The molecular weight excluding hydrogens is 287 g/mol. The van der Waals surface area contributed by atoms with Crippen molar-refractivity contribution in [2.45, 2.75) is 63.6 Å². The molecule has 0 radical (unpaired) electrons. The molecule has 2 fully saturated rings. The van der Waals surface area contributed by atoms with Crippen LogP contribution in [0, 0.1) is 5.92 Å². The summed E-state index contributed by atoms with van der Waals surface area (Å²) in [5, 5.41) is 0. The first kappa shape index (κ1) is 11.2. The average molecular weight is 308 g/mol. The van der Waals surface area contributed by atoms with Gasteiger partial charge in [-0.2, -0.15) is 0 Å². The summed E-state index contributed by atoms with van der Waals surface area (Å²) in [6.07, 6.45) is 10.3. The Morgan fingerprint density at radius 1 is 1.21 bits per heavy atom. The summed E-state index contributed by atoms with van der Waals surface area (Å²) < 4.78 is 7.38. The van der Waals surface area contributed by atoms with Gasteiger partial charge in [-0.05, 0) is 38.5 Å². The van der Waals surface area contributed by atoms with E-state index in [1.54, 1.807) is 0 Å². The maximum absolute atomic E-state index is 6.23. The van der Waals surface area contributed by atoms with E-state index in [2.05, 4.69) is 29.5 Å². The lowest BCUT2D eigenvalue weighted by molar-refractivity contribution is -0.0429. The summed E-state index contributed by atoms with van der Waals surface area (Å²) >= 11 is 2.46. The maximum Gasteiger partial charge on any atom is 0.0748 e. The molecule has 1 saturated carbocycles. The molecule has 1 aliphatic heterocycles. The first-order chi connectivity index (χ1) is 6.73. The number of ether oxygens (including phenoxy) is 1. The van der Waals surface area contributed by atoms with Crippen molar-refractivity contribution in [2.75, 3.05) is 4.43 Å². The van der Waals surface area contributed by atoms with Gasteiger partial charge in [0.1, 0.15) is 0 Å². The third kappa shape index (κ3) is 2.43. The molecule has 0 amide bonds. The van der Waals surface area contributed by atoms with E-state index in [-0.39, 0.29) is 5.60 Å². The Morgan fingerprint density at radius 3 is 2.50 bits per heavy atom. The third-order valence-corrected chi connectivity index (χ3v) is 5.47. The van der Waals surface area contributed by atoms with Crippen molar-refractivity contribution in [3.8, 4) is 0 Å². The predicted molar refractivity (Wildman–Crippen MR) is 68.0 cm³/mol. The van der Waals surface area contributed by atoms with Crippen molar-refractivity contribution >= 4 is 22.6 Å². The second kappa shape index (κ2) is 4.69. The van der Waals surface area contributed by atoms with Gasteiger partial charge in [-0.25, -0.2) is 0 Å². The van der Waals surface area contributed by atoms with Crippen LogP contribution in [0.3, 0.4) is 0 Å². The summed E-state index contributed by atoms with van der Waals surface area (Å²) in [6, 6.07) is 0. The van der Waals surface area contributed by atoms with Crippen LogP contribution in [0.2, 0.25) is 0 Å². The SMILES string of the molecule is CC1(CI)CCC(C2CCCCC2)O1. The van der Waals surface area contributed by atoms with Gasteiger partial charge in [-0.15, -0.1) is 0 Å². The molecule has 2 rings (SSSR count). The lowest BCUT2D eigenvalue weighted by Gasteiger charge is -2.29. The van der Waals surface area contributed by atoms with E-state index in [4.69, 9.17) is 4.74 Å². The summed E-state index contributed by atoms with van der Waals surface area (Å²) in [6.45, 7) is 2.28. The summed E-state index contributed by atoms with van der Waals surface area (Å²) in [7, 11) is 0. The molecule has 2 unspecified atom stereocenters. The number of alkyl halides is 1. The van der Waals surface area contributed by atoms with Crippen molar-refractivity contribution < 1.29 is 4.74 Å². The minimum absolute atomic E-state index is 0.197. The lowest BCUT2D eigenvalue weighted by Crippen LogP contribution is -2.30. The standard InChI is InChI=1S/C12H21IO/c1-12(9-13)8-7-11(14-12)10-5-3-2-4-6-10/h10-11H,2-9H2,1H3. The lowest BCUT2D eigenvalue weighted by atomic mass is 9.84. The molecule has 0 N–H and O–H groups in total. The minimum Gasteiger partial charge on any atom is -0.371 e. The van der Waals surface area contributed by atoms with Gasteiger partial charge in [-0.1, -0.05) is 41.9 Å². The second-order valence-corrected chi connectivity index (χ2v) is 5.94. The van der Waals surface area contributed by atoms with E-state index in [0.29, 0.717) is 6.10 Å². The molecule has 1 aliphatic carbocycles. The van der Waals surface area contributed by atoms with Gasteiger partial charge in [0, 0.05) is 4.43 Å². The van der Waals surface area contributed by atoms with Crippen molar-refractivity contribution in [3.05, 3.63) is 0 Å². The van der Waals surface area contributed by atoms with Gasteiger partial charge >= 0.3 is 0 Å². The van der Waals surface area contributed by atoms with Crippen LogP contribution in [-0.4, -0.2) is 16.1 Å². The van der Waals surface area contributed by atoms with Gasteiger partial charge in [0.15, 0.2) is 0 Å². The van der Waals surface area contributed by atoms with Gasteiger partial charge in [0.05, 0.1) is 11.7 Å². The monoisotopic (exact) mass is 308 g/mol. The topological polar surface area (TPSA) is 9.23 Å². The molecular formula is C12H21IO. The number of rotatable bonds is 2. The van der Waals surface area contributed by atoms with Gasteiger partial charge in [0.2, 0.25) is 0 Å². The first-order valence-corrected chi connectivity index (χ1v) is 7.50. The predicted octanol–water partition coefficient (Wildman–Crippen LogP) is 3.94. The smallest absolute Gasteiger partial charge is 0.0748 e. The Morgan fingerprint density at radius 2 is 1.93 bits per heavy atom. The largest absolute Gasteiger partial charge is 0.371 e. The highest BCUT2D eigenvalue weighted by Gasteiger charge is 2.38. The average Bonchev–Trinajstić information content (AvgIpc) is 2.63. The molecule has 0 bridgehead atoms. The number of hydrogen-bond donors (Lipinski definition) is 0. The molecule has 1 saturated heterocycles. The molecule has 0 aromatic carbocycles. The van der Waals surface area contributed by atoms with Crippen molar-refractivity contribution in [1.82, 2.24) is 0 Å². The van der Waals surface area contributed by atoms with Crippen LogP contribution in [0.25, 0.3) is 0 Å². The molecule has 0 aromatic rings. The van der Waals surface area contributed by atoms with E-state index >= 15 is 0 Å². The first-order valence-electron chi connectivity index (χ1n) is 5.97. The highest BCUT2D eigenvalue weighted by Crippen LogP contribution is 2.39. The highest BCUT2D eigenvalue weighted by atomic mass is 127. The Balaban J connectivity index is 1.88. The van der Waals surface area contributed by atoms with E-state index in [1.165, 1.54) is 44.9 Å². The van der Waals surface area contributed by atoms with Crippen LogP contribution >= 0.6 is 22.6 Å². The highest BCUT2D eigenvalue weighted by molar-refractivity contribution is 14.1. The number of hydrogen-bond acceptors (Lipinski definition) is 1. The Hall–Kier alpha value is 0.690. The van der Waals surface area contributed by atoms with Crippen LogP contribution in [0.4, 0.5) is 0 Å². The molecule has 2 aliphatic rings. The van der Waals surface area contributed by atoms with E-state index < -0.39 is 0 Å². The maximum atomic E-state index is 6.23. The zero-order chi connectivity index (χ0) is 10.0. The molecule has 0 spiro atoms. The zero-order valence-corrected chi connectivity index (χ0v) is 11.3. The van der Waals surface area contributed by atoms with E-state index in [1.807, 2.05) is 0 Å². The van der Waals surface area contributed by atoms with Crippen LogP contribution < -0.4 is 0 Å². The quantitative estimate of drug-likeness (QED) is 0.554. The fourth-order valence-corrected chi connectivity index (χ4v) is 3.43. The zero-order valence-electron chi connectivity index (χ0n) is 9.10. The molecule has 1 nitrogen and oxygen atoms in total. The van der Waals surface area contributed by atoms with Gasteiger partial charge in [0.25, 0.3) is 0 Å². The van der Waals surface area contributed by atoms with Crippen molar-refractivity contribution in [3.63, 3.8) is 0 Å². The molecule has 82 valence electrons. The van der Waals surface area contributed by atoms with Crippen LogP contribution in [0.1, 0.15) is 51.9 Å². The number of halogens is 1. The molecule has 14 heavy (non-hydrogen) atoms. The van der Waals surface area contributed by atoms with Crippen LogP contribution in [0.5, 0.6) is 0 Å². The van der Waals surface area contributed by atoms with E-state index in [0.717, 1.165) is 10.3 Å². The molecule has 0 aromatic heterocycles. The summed E-state index contributed by atoms with van der Waals surface area (Å²) in [5.41, 5.74) is 0.197. The summed E-state index contributed by atoms with van der Waals surface area (Å²) in [5.74, 6) is 0.883. The Labute approximate surface area is 101 Å². The van der Waals surface area contributed by atoms with Crippen molar-refractivity contribution in [1.29, 1.82) is 0 Å². The van der Waals surface area contributed by atoms with Crippen LogP contribution in [0.15, 0.2) is 0 Å². The third-order valence-electron chi connectivity index (χ3n) is 3.85. The minimum atomic E-state index is 0.197. The van der Waals surface area contributed by atoms with Gasteiger partial charge in [-0.3, -0.25) is 0 Å². The fraction of sp³-hybridized carbons (Fsp3) is 1.00.